The number of carbonyl (C=O) groups excluding carboxylic acids is 1. The summed E-state index contributed by atoms with van der Waals surface area (Å²) >= 11 is 0. The van der Waals surface area contributed by atoms with Gasteiger partial charge in [-0.2, -0.15) is 0 Å². The molecule has 0 aliphatic carbocycles. The van der Waals surface area contributed by atoms with E-state index in [0.29, 0.717) is 5.56 Å². The van der Waals surface area contributed by atoms with Crippen molar-refractivity contribution < 1.29 is 23.6 Å². The Morgan fingerprint density at radius 3 is 2.86 bits per heavy atom. The normalized spacial score (nSPS) is 10.7. The summed E-state index contributed by atoms with van der Waals surface area (Å²) < 4.78 is 18.3. The summed E-state index contributed by atoms with van der Waals surface area (Å²) in [6.07, 6.45) is 3.61. The lowest BCUT2D eigenvalue weighted by Crippen LogP contribution is -2.22. The fraction of sp³-hybridized carbons (Fsp3) is 0.0714. The zero-order valence-electron chi connectivity index (χ0n) is 10.7. The van der Waals surface area contributed by atoms with Crippen LogP contribution in [-0.4, -0.2) is 22.1 Å². The Morgan fingerprint density at radius 2 is 2.19 bits per heavy atom. The second-order valence-electron chi connectivity index (χ2n) is 4.08. The van der Waals surface area contributed by atoms with Crippen molar-refractivity contribution in [2.24, 2.45) is 0 Å². The Morgan fingerprint density at radius 1 is 1.38 bits per heavy atom. The number of hydrogen-bond donors (Lipinski definition) is 2. The number of aromatic nitrogens is 1. The Bertz CT molecular complexity index is 680. The molecule has 0 aliphatic heterocycles. The van der Waals surface area contributed by atoms with Crippen molar-refractivity contribution in [3.63, 3.8) is 0 Å². The van der Waals surface area contributed by atoms with E-state index in [1.807, 2.05) is 0 Å². The standard InChI is InChI=1S/C14H11FN2O4/c15-11-3-1-9(2-4-13(18)19)7-10(11)8-16-14(20)12-5-6-17-21-12/h1-7H,8H2,(H,16,20)(H,18,19). The number of rotatable bonds is 5. The van der Waals surface area contributed by atoms with Gasteiger partial charge in [0.1, 0.15) is 5.82 Å². The molecule has 0 saturated heterocycles. The van der Waals surface area contributed by atoms with Gasteiger partial charge in [-0.25, -0.2) is 9.18 Å². The molecule has 1 heterocycles. The van der Waals surface area contributed by atoms with Gasteiger partial charge in [0.05, 0.1) is 6.20 Å². The lowest BCUT2D eigenvalue weighted by atomic mass is 10.1. The molecule has 1 aromatic heterocycles. The number of carboxylic acid groups (broad SMARTS) is 1. The highest BCUT2D eigenvalue weighted by molar-refractivity contribution is 5.91. The summed E-state index contributed by atoms with van der Waals surface area (Å²) in [5, 5.41) is 14.4. The first kappa shape index (κ1) is 14.4. The van der Waals surface area contributed by atoms with E-state index in [9.17, 15) is 14.0 Å². The van der Waals surface area contributed by atoms with E-state index in [-0.39, 0.29) is 17.9 Å². The van der Waals surface area contributed by atoms with Crippen molar-refractivity contribution >= 4 is 18.0 Å². The molecule has 2 aromatic rings. The fourth-order valence-corrected chi connectivity index (χ4v) is 1.60. The largest absolute Gasteiger partial charge is 0.478 e. The van der Waals surface area contributed by atoms with E-state index in [0.717, 1.165) is 6.08 Å². The predicted molar refractivity (Wildman–Crippen MR) is 70.7 cm³/mol. The second kappa shape index (κ2) is 6.47. The Hall–Kier alpha value is -2.96. The third-order valence-electron chi connectivity index (χ3n) is 2.59. The highest BCUT2D eigenvalue weighted by atomic mass is 19.1. The Balaban J connectivity index is 2.07. The summed E-state index contributed by atoms with van der Waals surface area (Å²) in [5.74, 6) is -2.09. The monoisotopic (exact) mass is 290 g/mol. The SMILES string of the molecule is O=C(O)C=Cc1ccc(F)c(CNC(=O)c2ccno2)c1. The van der Waals surface area contributed by atoms with Gasteiger partial charge in [0, 0.05) is 24.3 Å². The first-order valence-corrected chi connectivity index (χ1v) is 5.94. The molecular weight excluding hydrogens is 279 g/mol. The number of carbonyl (C=O) groups is 2. The molecule has 0 unspecified atom stereocenters. The molecular formula is C14H11FN2O4. The third-order valence-corrected chi connectivity index (χ3v) is 2.59. The fourth-order valence-electron chi connectivity index (χ4n) is 1.60. The minimum Gasteiger partial charge on any atom is -0.478 e. The number of halogens is 1. The van der Waals surface area contributed by atoms with Crippen LogP contribution in [0.15, 0.2) is 41.1 Å². The molecule has 0 fully saturated rings. The van der Waals surface area contributed by atoms with Crippen LogP contribution in [0.5, 0.6) is 0 Å². The van der Waals surface area contributed by atoms with Gasteiger partial charge in [-0.05, 0) is 23.8 Å². The van der Waals surface area contributed by atoms with Crippen LogP contribution < -0.4 is 5.32 Å². The molecule has 0 saturated carbocycles. The molecule has 2 rings (SSSR count). The number of carboxylic acids is 1. The van der Waals surface area contributed by atoms with E-state index in [2.05, 4.69) is 15.0 Å². The maximum absolute atomic E-state index is 13.6. The van der Waals surface area contributed by atoms with Crippen LogP contribution in [0, 0.1) is 5.82 Å². The number of benzene rings is 1. The molecule has 0 atom stereocenters. The number of aliphatic carboxylic acids is 1. The molecule has 1 aromatic carbocycles. The second-order valence-corrected chi connectivity index (χ2v) is 4.08. The first-order valence-electron chi connectivity index (χ1n) is 5.94. The lowest BCUT2D eigenvalue weighted by molar-refractivity contribution is -0.131. The number of nitrogens with one attached hydrogen (secondary N) is 1. The molecule has 21 heavy (non-hydrogen) atoms. The van der Waals surface area contributed by atoms with E-state index in [1.54, 1.807) is 0 Å². The van der Waals surface area contributed by atoms with Crippen LogP contribution in [0.1, 0.15) is 21.7 Å². The van der Waals surface area contributed by atoms with E-state index in [4.69, 9.17) is 5.11 Å². The van der Waals surface area contributed by atoms with Gasteiger partial charge >= 0.3 is 5.97 Å². The van der Waals surface area contributed by atoms with Crippen LogP contribution >= 0.6 is 0 Å². The number of nitrogens with zero attached hydrogens (tertiary/aromatic N) is 1. The van der Waals surface area contributed by atoms with Crippen LogP contribution in [0.25, 0.3) is 6.08 Å². The average molecular weight is 290 g/mol. The van der Waals surface area contributed by atoms with Crippen molar-refractivity contribution in [2.75, 3.05) is 0 Å². The summed E-state index contributed by atoms with van der Waals surface area (Å²) in [5.41, 5.74) is 0.748. The van der Waals surface area contributed by atoms with Gasteiger partial charge in [0.2, 0.25) is 5.76 Å². The highest BCUT2D eigenvalue weighted by Crippen LogP contribution is 2.12. The minimum atomic E-state index is -1.10. The molecule has 0 radical (unpaired) electrons. The van der Waals surface area contributed by atoms with Crippen molar-refractivity contribution in [3.05, 3.63) is 59.2 Å². The lowest BCUT2D eigenvalue weighted by Gasteiger charge is -2.06. The first-order chi connectivity index (χ1) is 10.1. The molecule has 0 aliphatic rings. The number of amides is 1. The average Bonchev–Trinajstić information content (AvgIpc) is 2.98. The van der Waals surface area contributed by atoms with Gasteiger partial charge in [0.25, 0.3) is 5.91 Å². The maximum atomic E-state index is 13.6. The minimum absolute atomic E-state index is 0.0253. The van der Waals surface area contributed by atoms with Crippen molar-refractivity contribution in [1.82, 2.24) is 10.5 Å². The van der Waals surface area contributed by atoms with Gasteiger partial charge in [0.15, 0.2) is 0 Å². The molecule has 7 heteroatoms. The summed E-state index contributed by atoms with van der Waals surface area (Å²) in [7, 11) is 0. The smallest absolute Gasteiger partial charge is 0.328 e. The quantitative estimate of drug-likeness (QED) is 0.820. The summed E-state index contributed by atoms with van der Waals surface area (Å²) in [4.78, 5) is 22.1. The molecule has 1 amide bonds. The van der Waals surface area contributed by atoms with Gasteiger partial charge in [-0.1, -0.05) is 11.2 Å². The van der Waals surface area contributed by atoms with Crippen LogP contribution in [0.2, 0.25) is 0 Å². The topological polar surface area (TPSA) is 92.4 Å². The predicted octanol–water partition coefficient (Wildman–Crippen LogP) is 1.84. The van der Waals surface area contributed by atoms with Crippen LogP contribution in [0.4, 0.5) is 4.39 Å². The third kappa shape index (κ3) is 4.00. The van der Waals surface area contributed by atoms with Gasteiger partial charge < -0.3 is 14.9 Å². The highest BCUT2D eigenvalue weighted by Gasteiger charge is 2.10. The molecule has 2 N–H and O–H groups in total. The molecule has 108 valence electrons. The van der Waals surface area contributed by atoms with E-state index >= 15 is 0 Å². The van der Waals surface area contributed by atoms with Crippen LogP contribution in [0.3, 0.4) is 0 Å². The van der Waals surface area contributed by atoms with Crippen molar-refractivity contribution in [3.8, 4) is 0 Å². The Labute approximate surface area is 118 Å². The van der Waals surface area contributed by atoms with Crippen molar-refractivity contribution in [1.29, 1.82) is 0 Å². The Kier molecular flexibility index (Phi) is 4.45. The summed E-state index contributed by atoms with van der Waals surface area (Å²) in [6, 6.07) is 5.49. The summed E-state index contributed by atoms with van der Waals surface area (Å²) in [6.45, 7) is -0.0554. The van der Waals surface area contributed by atoms with E-state index in [1.165, 1.54) is 36.5 Å². The van der Waals surface area contributed by atoms with Crippen molar-refractivity contribution in [2.45, 2.75) is 6.54 Å². The van der Waals surface area contributed by atoms with Gasteiger partial charge in [-0.3, -0.25) is 4.79 Å². The maximum Gasteiger partial charge on any atom is 0.328 e. The van der Waals surface area contributed by atoms with E-state index < -0.39 is 17.7 Å². The molecule has 0 bridgehead atoms. The van der Waals surface area contributed by atoms with Gasteiger partial charge in [-0.15, -0.1) is 0 Å². The number of hydrogen-bond acceptors (Lipinski definition) is 4. The molecule has 6 nitrogen and oxygen atoms in total. The van der Waals surface area contributed by atoms with Crippen LogP contribution in [-0.2, 0) is 11.3 Å². The zero-order chi connectivity index (χ0) is 15.2. The zero-order valence-corrected chi connectivity index (χ0v) is 10.7. The molecule has 0 spiro atoms.